The van der Waals surface area contributed by atoms with Crippen LogP contribution in [0.3, 0.4) is 0 Å². The van der Waals surface area contributed by atoms with E-state index in [9.17, 15) is 9.59 Å². The SMILES string of the molecule is CCOc1ccc(C(=O)CCC(=O)Nc2ccc(Cl)cc2)cc1. The zero-order chi connectivity index (χ0) is 16.7. The third-order valence-corrected chi connectivity index (χ3v) is 3.45. The predicted octanol–water partition coefficient (Wildman–Crippen LogP) is 4.34. The second-order valence-electron chi connectivity index (χ2n) is 4.94. The number of Topliss-reactive ketones (excluding diaryl/α,β-unsaturated/α-hetero) is 1. The van der Waals surface area contributed by atoms with E-state index >= 15 is 0 Å². The van der Waals surface area contributed by atoms with Crippen LogP contribution in [0.5, 0.6) is 5.75 Å². The fourth-order valence-electron chi connectivity index (χ4n) is 2.03. The fraction of sp³-hybridized carbons (Fsp3) is 0.222. The number of rotatable bonds is 7. The number of nitrogens with one attached hydrogen (secondary N) is 1. The number of hydrogen-bond donors (Lipinski definition) is 1. The maximum absolute atomic E-state index is 12.1. The van der Waals surface area contributed by atoms with Crippen molar-refractivity contribution in [2.45, 2.75) is 19.8 Å². The summed E-state index contributed by atoms with van der Waals surface area (Å²) in [5.41, 5.74) is 1.24. The summed E-state index contributed by atoms with van der Waals surface area (Å²) in [5, 5.41) is 3.34. The summed E-state index contributed by atoms with van der Waals surface area (Å²) in [7, 11) is 0. The number of halogens is 1. The molecule has 0 fully saturated rings. The van der Waals surface area contributed by atoms with E-state index in [0.29, 0.717) is 22.9 Å². The van der Waals surface area contributed by atoms with Gasteiger partial charge in [-0.25, -0.2) is 0 Å². The minimum atomic E-state index is -0.202. The highest BCUT2D eigenvalue weighted by atomic mass is 35.5. The van der Waals surface area contributed by atoms with Crippen LogP contribution in [0.1, 0.15) is 30.1 Å². The summed E-state index contributed by atoms with van der Waals surface area (Å²) in [6.45, 7) is 2.48. The quantitative estimate of drug-likeness (QED) is 0.768. The lowest BCUT2D eigenvalue weighted by Gasteiger charge is -2.06. The third-order valence-electron chi connectivity index (χ3n) is 3.19. The van der Waals surface area contributed by atoms with Gasteiger partial charge in [-0.3, -0.25) is 9.59 Å². The monoisotopic (exact) mass is 331 g/mol. The Morgan fingerprint density at radius 1 is 1.00 bits per heavy atom. The van der Waals surface area contributed by atoms with Gasteiger partial charge in [-0.2, -0.15) is 0 Å². The minimum Gasteiger partial charge on any atom is -0.494 e. The first-order valence-corrected chi connectivity index (χ1v) is 7.77. The van der Waals surface area contributed by atoms with E-state index < -0.39 is 0 Å². The number of carbonyl (C=O) groups excluding carboxylic acids is 2. The van der Waals surface area contributed by atoms with Crippen LogP contribution in [-0.2, 0) is 4.79 Å². The van der Waals surface area contributed by atoms with Crippen molar-refractivity contribution in [3.8, 4) is 5.75 Å². The highest BCUT2D eigenvalue weighted by Crippen LogP contribution is 2.16. The van der Waals surface area contributed by atoms with Crippen LogP contribution in [-0.4, -0.2) is 18.3 Å². The van der Waals surface area contributed by atoms with Crippen LogP contribution < -0.4 is 10.1 Å². The van der Waals surface area contributed by atoms with Gasteiger partial charge in [-0.05, 0) is 55.5 Å². The number of amides is 1. The molecular formula is C18H18ClNO3. The van der Waals surface area contributed by atoms with E-state index in [-0.39, 0.29) is 24.5 Å². The average Bonchev–Trinajstić information content (AvgIpc) is 2.56. The van der Waals surface area contributed by atoms with Crippen molar-refractivity contribution in [2.24, 2.45) is 0 Å². The summed E-state index contributed by atoms with van der Waals surface area (Å²) in [6, 6.07) is 13.8. The molecule has 2 aromatic carbocycles. The van der Waals surface area contributed by atoms with Gasteiger partial charge in [0.05, 0.1) is 6.61 Å². The molecule has 0 heterocycles. The maximum atomic E-state index is 12.1. The van der Waals surface area contributed by atoms with Crippen LogP contribution >= 0.6 is 11.6 Å². The van der Waals surface area contributed by atoms with Gasteiger partial charge in [0.1, 0.15) is 5.75 Å². The molecule has 0 aromatic heterocycles. The molecule has 0 radical (unpaired) electrons. The topological polar surface area (TPSA) is 55.4 Å². The van der Waals surface area contributed by atoms with E-state index in [4.69, 9.17) is 16.3 Å². The molecule has 1 N–H and O–H groups in total. The van der Waals surface area contributed by atoms with Gasteiger partial charge in [-0.15, -0.1) is 0 Å². The van der Waals surface area contributed by atoms with Crippen LogP contribution in [0.15, 0.2) is 48.5 Å². The van der Waals surface area contributed by atoms with Crippen molar-refractivity contribution >= 4 is 29.0 Å². The molecule has 0 unspecified atom stereocenters. The molecule has 120 valence electrons. The van der Waals surface area contributed by atoms with Gasteiger partial charge < -0.3 is 10.1 Å². The van der Waals surface area contributed by atoms with Gasteiger partial charge in [0.15, 0.2) is 5.78 Å². The fourth-order valence-corrected chi connectivity index (χ4v) is 2.16. The summed E-state index contributed by atoms with van der Waals surface area (Å²) >= 11 is 5.78. The molecule has 2 rings (SSSR count). The maximum Gasteiger partial charge on any atom is 0.224 e. The molecule has 0 bridgehead atoms. The molecule has 0 atom stereocenters. The molecular weight excluding hydrogens is 314 g/mol. The van der Waals surface area contributed by atoms with Crippen molar-refractivity contribution in [3.05, 3.63) is 59.1 Å². The summed E-state index contributed by atoms with van der Waals surface area (Å²) < 4.78 is 5.33. The predicted molar refractivity (Wildman–Crippen MR) is 91.3 cm³/mol. The van der Waals surface area contributed by atoms with Gasteiger partial charge in [0, 0.05) is 29.1 Å². The molecule has 4 nitrogen and oxygen atoms in total. The lowest BCUT2D eigenvalue weighted by atomic mass is 10.1. The molecule has 0 saturated heterocycles. The number of anilines is 1. The molecule has 0 aliphatic carbocycles. The normalized spacial score (nSPS) is 10.2. The number of ketones is 1. The Bertz CT molecular complexity index is 666. The van der Waals surface area contributed by atoms with Crippen molar-refractivity contribution in [1.82, 2.24) is 0 Å². The first kappa shape index (κ1) is 17.0. The Labute approximate surface area is 140 Å². The largest absolute Gasteiger partial charge is 0.494 e. The van der Waals surface area contributed by atoms with Crippen molar-refractivity contribution in [1.29, 1.82) is 0 Å². The number of benzene rings is 2. The van der Waals surface area contributed by atoms with Gasteiger partial charge in [0.2, 0.25) is 5.91 Å². The highest BCUT2D eigenvalue weighted by molar-refractivity contribution is 6.30. The number of hydrogen-bond acceptors (Lipinski definition) is 3. The first-order chi connectivity index (χ1) is 11.1. The van der Waals surface area contributed by atoms with Crippen LogP contribution in [0, 0.1) is 0 Å². The highest BCUT2D eigenvalue weighted by Gasteiger charge is 2.10. The van der Waals surface area contributed by atoms with Gasteiger partial charge in [0.25, 0.3) is 0 Å². The number of carbonyl (C=O) groups is 2. The molecule has 1 amide bonds. The minimum absolute atomic E-state index is 0.0701. The molecule has 0 spiro atoms. The van der Waals surface area contributed by atoms with Crippen molar-refractivity contribution in [3.63, 3.8) is 0 Å². The van der Waals surface area contributed by atoms with E-state index in [1.807, 2.05) is 6.92 Å². The Kier molecular flexibility index (Phi) is 6.18. The molecule has 2 aromatic rings. The van der Waals surface area contributed by atoms with Gasteiger partial charge >= 0.3 is 0 Å². The van der Waals surface area contributed by atoms with E-state index in [2.05, 4.69) is 5.32 Å². The molecule has 5 heteroatoms. The number of ether oxygens (including phenoxy) is 1. The Hall–Kier alpha value is -2.33. The lowest BCUT2D eigenvalue weighted by Crippen LogP contribution is -2.13. The van der Waals surface area contributed by atoms with Crippen molar-refractivity contribution in [2.75, 3.05) is 11.9 Å². The Balaban J connectivity index is 1.83. The molecule has 23 heavy (non-hydrogen) atoms. The summed E-state index contributed by atoms with van der Waals surface area (Å²) in [6.07, 6.45) is 0.294. The molecule has 0 aliphatic heterocycles. The third kappa shape index (κ3) is 5.42. The summed E-state index contributed by atoms with van der Waals surface area (Å²) in [5.74, 6) is 0.454. The van der Waals surface area contributed by atoms with Crippen LogP contribution in [0.4, 0.5) is 5.69 Å². The van der Waals surface area contributed by atoms with Crippen molar-refractivity contribution < 1.29 is 14.3 Å². The Morgan fingerprint density at radius 2 is 1.65 bits per heavy atom. The zero-order valence-electron chi connectivity index (χ0n) is 12.8. The lowest BCUT2D eigenvalue weighted by molar-refractivity contribution is -0.116. The molecule has 0 saturated carbocycles. The standard InChI is InChI=1S/C18H18ClNO3/c1-2-23-16-9-3-13(4-10-16)17(21)11-12-18(22)20-15-7-5-14(19)6-8-15/h3-10H,2,11-12H2,1H3,(H,20,22). The van der Waals surface area contributed by atoms with E-state index in [0.717, 1.165) is 5.75 Å². The van der Waals surface area contributed by atoms with E-state index in [1.165, 1.54) is 0 Å². The smallest absolute Gasteiger partial charge is 0.224 e. The van der Waals surface area contributed by atoms with Gasteiger partial charge in [-0.1, -0.05) is 11.6 Å². The summed E-state index contributed by atoms with van der Waals surface area (Å²) in [4.78, 5) is 23.9. The zero-order valence-corrected chi connectivity index (χ0v) is 13.6. The molecule has 0 aliphatic rings. The second-order valence-corrected chi connectivity index (χ2v) is 5.37. The van der Waals surface area contributed by atoms with Crippen LogP contribution in [0.2, 0.25) is 5.02 Å². The van der Waals surface area contributed by atoms with Crippen LogP contribution in [0.25, 0.3) is 0 Å². The average molecular weight is 332 g/mol. The second kappa shape index (κ2) is 8.34. The first-order valence-electron chi connectivity index (χ1n) is 7.40. The van der Waals surface area contributed by atoms with E-state index in [1.54, 1.807) is 48.5 Å². The Morgan fingerprint density at radius 3 is 2.26 bits per heavy atom.